The Bertz CT molecular complexity index is 1000. The highest BCUT2D eigenvalue weighted by Gasteiger charge is 2.52. The quantitative estimate of drug-likeness (QED) is 0.675. The summed E-state index contributed by atoms with van der Waals surface area (Å²) in [7, 11) is 0. The average molecular weight is 421 g/mol. The Hall–Kier alpha value is -2.96. The van der Waals surface area contributed by atoms with Gasteiger partial charge in [-0.05, 0) is 36.6 Å². The Kier molecular flexibility index (Phi) is 5.94. The van der Waals surface area contributed by atoms with Crippen LogP contribution >= 0.6 is 0 Å². The van der Waals surface area contributed by atoms with Crippen LogP contribution in [0.2, 0.25) is 0 Å². The van der Waals surface area contributed by atoms with Crippen LogP contribution in [0.25, 0.3) is 0 Å². The molecule has 2 aliphatic rings. The van der Waals surface area contributed by atoms with Gasteiger partial charge < -0.3 is 20.0 Å². The number of aliphatic hydroxyl groups excluding tert-OH is 1. The third kappa shape index (κ3) is 3.77. The molecule has 2 aliphatic heterocycles. The van der Waals surface area contributed by atoms with Gasteiger partial charge in [-0.25, -0.2) is 0 Å². The number of hydrogen-bond donors (Lipinski definition) is 2. The van der Waals surface area contributed by atoms with E-state index in [4.69, 9.17) is 5.11 Å². The fraction of sp³-hybridized carbons (Fsp3) is 0.360. The number of rotatable bonds is 7. The summed E-state index contributed by atoms with van der Waals surface area (Å²) in [6.07, 6.45) is 5.33. The topological polar surface area (TPSA) is 81.1 Å². The summed E-state index contributed by atoms with van der Waals surface area (Å²) in [6.45, 7) is 2.80. The van der Waals surface area contributed by atoms with Gasteiger partial charge in [-0.2, -0.15) is 0 Å². The molecule has 31 heavy (non-hydrogen) atoms. The Morgan fingerprint density at radius 2 is 1.94 bits per heavy atom. The highest BCUT2D eigenvalue weighted by Crippen LogP contribution is 2.47. The monoisotopic (exact) mass is 420 g/mol. The van der Waals surface area contributed by atoms with Gasteiger partial charge in [-0.3, -0.25) is 9.59 Å². The molecule has 0 spiro atoms. The molecular formula is C25H28N2O4. The van der Waals surface area contributed by atoms with Crippen LogP contribution in [-0.2, 0) is 21.7 Å². The number of benzene rings is 2. The van der Waals surface area contributed by atoms with Crippen molar-refractivity contribution in [3.8, 4) is 0 Å². The van der Waals surface area contributed by atoms with Crippen molar-refractivity contribution < 1.29 is 19.8 Å². The zero-order valence-corrected chi connectivity index (χ0v) is 17.7. The second kappa shape index (κ2) is 8.65. The molecule has 6 nitrogen and oxygen atoms in total. The molecule has 0 saturated carbocycles. The molecule has 2 atom stereocenters. The van der Waals surface area contributed by atoms with Crippen LogP contribution in [0.3, 0.4) is 0 Å². The van der Waals surface area contributed by atoms with E-state index in [1.165, 1.54) is 0 Å². The number of anilines is 2. The van der Waals surface area contributed by atoms with Crippen LogP contribution in [-0.4, -0.2) is 35.2 Å². The molecule has 2 aromatic rings. The van der Waals surface area contributed by atoms with E-state index in [9.17, 15) is 14.7 Å². The number of carbonyl (C=O) groups excluding carboxylic acids is 2. The second-order valence-corrected chi connectivity index (χ2v) is 8.22. The number of hydrogen-bond acceptors (Lipinski definition) is 4. The standard InChI is InChI=1S/C25H28N2O4/c1-18(8-5-6-15-28)25(31)21-16-20(26-14-7-11-23(26)29)12-13-22(21)27(24(25)30)17-19-9-3-2-4-10-19/h2-5,8-10,12-13,16,18,28,31H,6-7,11,14-15,17H2,1H3/b8-5+/t18-,25+/m1/s1. The maximum absolute atomic E-state index is 13.6. The Balaban J connectivity index is 1.77. The van der Waals surface area contributed by atoms with Gasteiger partial charge in [0.05, 0.1) is 12.2 Å². The van der Waals surface area contributed by atoms with Crippen LogP contribution in [0.1, 0.15) is 37.3 Å². The molecule has 0 unspecified atom stereocenters. The summed E-state index contributed by atoms with van der Waals surface area (Å²) in [5, 5.41) is 20.8. The molecule has 1 fully saturated rings. The van der Waals surface area contributed by atoms with Gasteiger partial charge in [-0.15, -0.1) is 0 Å². The van der Waals surface area contributed by atoms with E-state index in [1.807, 2.05) is 42.5 Å². The zero-order valence-electron chi connectivity index (χ0n) is 17.7. The fourth-order valence-electron chi connectivity index (χ4n) is 4.46. The highest BCUT2D eigenvalue weighted by atomic mass is 16.3. The molecule has 0 radical (unpaired) electrons. The lowest BCUT2D eigenvalue weighted by molar-refractivity contribution is -0.139. The Morgan fingerprint density at radius 3 is 2.61 bits per heavy atom. The Morgan fingerprint density at radius 1 is 1.16 bits per heavy atom. The average Bonchev–Trinajstić information content (AvgIpc) is 3.30. The SMILES string of the molecule is C[C@H](/C=C/CCO)[C@@]1(O)C(=O)N(Cc2ccccc2)c2ccc(N3CCCC3=O)cc21. The minimum absolute atomic E-state index is 0.00747. The number of aliphatic hydroxyl groups is 2. The molecule has 162 valence electrons. The first-order valence-corrected chi connectivity index (χ1v) is 10.8. The summed E-state index contributed by atoms with van der Waals surface area (Å²) in [5.74, 6) is -0.821. The van der Waals surface area contributed by atoms with Crippen molar-refractivity contribution in [1.29, 1.82) is 0 Å². The maximum atomic E-state index is 13.6. The minimum Gasteiger partial charge on any atom is -0.396 e. The first-order chi connectivity index (χ1) is 15.0. The lowest BCUT2D eigenvalue weighted by Crippen LogP contribution is -2.44. The van der Waals surface area contributed by atoms with E-state index in [2.05, 4.69) is 0 Å². The molecule has 0 bridgehead atoms. The maximum Gasteiger partial charge on any atom is 0.264 e. The van der Waals surface area contributed by atoms with E-state index in [1.54, 1.807) is 34.9 Å². The summed E-state index contributed by atoms with van der Waals surface area (Å²) in [4.78, 5) is 29.2. The van der Waals surface area contributed by atoms with Crippen LogP contribution < -0.4 is 9.80 Å². The van der Waals surface area contributed by atoms with Gasteiger partial charge in [0, 0.05) is 36.7 Å². The van der Waals surface area contributed by atoms with Gasteiger partial charge in [0.1, 0.15) is 0 Å². The van der Waals surface area contributed by atoms with Crippen molar-refractivity contribution in [2.24, 2.45) is 5.92 Å². The predicted molar refractivity (Wildman–Crippen MR) is 120 cm³/mol. The summed E-state index contributed by atoms with van der Waals surface area (Å²) in [6, 6.07) is 15.1. The third-order valence-electron chi connectivity index (χ3n) is 6.20. The molecule has 4 rings (SSSR count). The molecule has 2 heterocycles. The molecule has 0 aliphatic carbocycles. The molecular weight excluding hydrogens is 392 g/mol. The van der Waals surface area contributed by atoms with Gasteiger partial charge >= 0.3 is 0 Å². The van der Waals surface area contributed by atoms with Crippen molar-refractivity contribution in [3.63, 3.8) is 0 Å². The van der Waals surface area contributed by atoms with Crippen LogP contribution in [0.5, 0.6) is 0 Å². The molecule has 2 N–H and O–H groups in total. The number of amides is 2. The second-order valence-electron chi connectivity index (χ2n) is 8.22. The van der Waals surface area contributed by atoms with Gasteiger partial charge in [-0.1, -0.05) is 49.4 Å². The van der Waals surface area contributed by atoms with Crippen molar-refractivity contribution in [2.75, 3.05) is 23.0 Å². The molecule has 2 aromatic carbocycles. The summed E-state index contributed by atoms with van der Waals surface area (Å²) in [5.41, 5.74) is 1.12. The van der Waals surface area contributed by atoms with Crippen molar-refractivity contribution in [2.45, 2.75) is 38.3 Å². The van der Waals surface area contributed by atoms with Crippen molar-refractivity contribution in [3.05, 3.63) is 71.8 Å². The first kappa shape index (κ1) is 21.3. The van der Waals surface area contributed by atoms with E-state index in [0.29, 0.717) is 42.9 Å². The van der Waals surface area contributed by atoms with E-state index >= 15 is 0 Å². The summed E-state index contributed by atoms with van der Waals surface area (Å²) >= 11 is 0. The van der Waals surface area contributed by atoms with Gasteiger partial charge in [0.15, 0.2) is 5.60 Å². The molecule has 6 heteroatoms. The molecule has 2 amide bonds. The predicted octanol–water partition coefficient (Wildman–Crippen LogP) is 3.12. The third-order valence-corrected chi connectivity index (χ3v) is 6.20. The molecule has 0 aromatic heterocycles. The lowest BCUT2D eigenvalue weighted by Gasteiger charge is -2.28. The lowest BCUT2D eigenvalue weighted by atomic mass is 9.82. The normalized spacial score (nSPS) is 21.9. The minimum atomic E-state index is -1.74. The highest BCUT2D eigenvalue weighted by molar-refractivity contribution is 6.08. The van der Waals surface area contributed by atoms with Gasteiger partial charge in [0.2, 0.25) is 5.91 Å². The number of nitrogens with zero attached hydrogens (tertiary/aromatic N) is 2. The van der Waals surface area contributed by atoms with E-state index in [-0.39, 0.29) is 18.4 Å². The van der Waals surface area contributed by atoms with E-state index < -0.39 is 11.5 Å². The zero-order chi connectivity index (χ0) is 22.0. The summed E-state index contributed by atoms with van der Waals surface area (Å²) < 4.78 is 0. The van der Waals surface area contributed by atoms with Crippen molar-refractivity contribution in [1.82, 2.24) is 0 Å². The molecule has 1 saturated heterocycles. The fourth-order valence-corrected chi connectivity index (χ4v) is 4.46. The number of fused-ring (bicyclic) bond motifs is 1. The van der Waals surface area contributed by atoms with Crippen molar-refractivity contribution >= 4 is 23.2 Å². The van der Waals surface area contributed by atoms with Crippen LogP contribution in [0, 0.1) is 5.92 Å². The van der Waals surface area contributed by atoms with E-state index in [0.717, 1.165) is 12.0 Å². The van der Waals surface area contributed by atoms with Gasteiger partial charge in [0.25, 0.3) is 5.91 Å². The van der Waals surface area contributed by atoms with Crippen LogP contribution in [0.15, 0.2) is 60.7 Å². The number of carbonyl (C=O) groups is 2. The Labute approximate surface area is 182 Å². The smallest absolute Gasteiger partial charge is 0.264 e. The van der Waals surface area contributed by atoms with Crippen LogP contribution in [0.4, 0.5) is 11.4 Å². The largest absolute Gasteiger partial charge is 0.396 e. The first-order valence-electron chi connectivity index (χ1n) is 10.8.